The summed E-state index contributed by atoms with van der Waals surface area (Å²) < 4.78 is 7.22. The SMILES string of the molecule is CCCNC(=O)[C@H](C)OC(=O)/C(C#N)=C/c1cc(C)n(-c2ccc(C)cc2)c1C. The van der Waals surface area contributed by atoms with Gasteiger partial charge < -0.3 is 14.6 Å². The average molecular weight is 393 g/mol. The minimum atomic E-state index is -0.967. The number of aryl methyl sites for hydroxylation is 2. The molecule has 1 heterocycles. The lowest BCUT2D eigenvalue weighted by Gasteiger charge is -2.12. The van der Waals surface area contributed by atoms with Gasteiger partial charge in [-0.25, -0.2) is 4.79 Å². The first-order chi connectivity index (χ1) is 13.8. The van der Waals surface area contributed by atoms with Gasteiger partial charge in [0.25, 0.3) is 5.91 Å². The lowest BCUT2D eigenvalue weighted by Crippen LogP contribution is -2.36. The Balaban J connectivity index is 2.26. The normalized spacial score (nSPS) is 12.2. The molecule has 1 N–H and O–H groups in total. The van der Waals surface area contributed by atoms with Crippen LogP contribution in [0, 0.1) is 32.1 Å². The fourth-order valence-electron chi connectivity index (χ4n) is 2.99. The molecule has 1 aromatic carbocycles. The lowest BCUT2D eigenvalue weighted by molar-refractivity contribution is -0.150. The van der Waals surface area contributed by atoms with Crippen molar-refractivity contribution in [2.24, 2.45) is 0 Å². The van der Waals surface area contributed by atoms with Crippen LogP contribution in [-0.4, -0.2) is 29.1 Å². The van der Waals surface area contributed by atoms with Crippen LogP contribution in [0.3, 0.4) is 0 Å². The number of carbonyl (C=O) groups is 2. The van der Waals surface area contributed by atoms with Crippen LogP contribution >= 0.6 is 0 Å². The molecular weight excluding hydrogens is 366 g/mol. The lowest BCUT2D eigenvalue weighted by atomic mass is 10.1. The maximum Gasteiger partial charge on any atom is 0.349 e. The predicted molar refractivity (Wildman–Crippen MR) is 112 cm³/mol. The number of nitrogens with zero attached hydrogens (tertiary/aromatic N) is 2. The predicted octanol–water partition coefficient (Wildman–Crippen LogP) is 3.77. The molecule has 0 aliphatic carbocycles. The Bertz CT molecular complexity index is 962. The zero-order chi connectivity index (χ0) is 21.6. The Hall–Kier alpha value is -3.33. The van der Waals surface area contributed by atoms with Gasteiger partial charge in [0.2, 0.25) is 0 Å². The van der Waals surface area contributed by atoms with Crippen LogP contribution in [0.15, 0.2) is 35.9 Å². The van der Waals surface area contributed by atoms with Crippen molar-refractivity contribution < 1.29 is 14.3 Å². The molecule has 0 aliphatic rings. The number of amides is 1. The molecule has 0 saturated carbocycles. The van der Waals surface area contributed by atoms with Crippen molar-refractivity contribution in [3.05, 3.63) is 58.4 Å². The molecule has 6 heteroatoms. The zero-order valence-electron chi connectivity index (χ0n) is 17.6. The van der Waals surface area contributed by atoms with Crippen LogP contribution in [0.2, 0.25) is 0 Å². The fraction of sp³-hybridized carbons (Fsp3) is 0.348. The highest BCUT2D eigenvalue weighted by Gasteiger charge is 2.21. The first kappa shape index (κ1) is 22.0. The number of carbonyl (C=O) groups excluding carboxylic acids is 2. The smallest absolute Gasteiger partial charge is 0.349 e. The van der Waals surface area contributed by atoms with E-state index in [0.717, 1.165) is 29.1 Å². The summed E-state index contributed by atoms with van der Waals surface area (Å²) in [6, 6.07) is 11.9. The number of hydrogen-bond donors (Lipinski definition) is 1. The van der Waals surface area contributed by atoms with Gasteiger partial charge in [-0.05, 0) is 64.0 Å². The average Bonchev–Trinajstić information content (AvgIpc) is 2.97. The number of ether oxygens (including phenoxy) is 1. The van der Waals surface area contributed by atoms with E-state index in [1.807, 2.05) is 64.1 Å². The van der Waals surface area contributed by atoms with E-state index in [2.05, 4.69) is 9.88 Å². The number of hydrogen-bond acceptors (Lipinski definition) is 4. The van der Waals surface area contributed by atoms with Crippen molar-refractivity contribution in [2.45, 2.75) is 47.1 Å². The molecule has 2 rings (SSSR count). The molecule has 0 unspecified atom stereocenters. The van der Waals surface area contributed by atoms with Crippen molar-refractivity contribution in [1.82, 2.24) is 9.88 Å². The molecule has 1 amide bonds. The molecule has 0 fully saturated rings. The van der Waals surface area contributed by atoms with Gasteiger partial charge in [-0.3, -0.25) is 4.79 Å². The van der Waals surface area contributed by atoms with Crippen molar-refractivity contribution >= 4 is 18.0 Å². The van der Waals surface area contributed by atoms with Crippen LogP contribution in [0.4, 0.5) is 0 Å². The monoisotopic (exact) mass is 393 g/mol. The van der Waals surface area contributed by atoms with Gasteiger partial charge in [-0.15, -0.1) is 0 Å². The summed E-state index contributed by atoms with van der Waals surface area (Å²) in [5.41, 5.74) is 4.66. The third-order valence-corrected chi connectivity index (χ3v) is 4.60. The summed E-state index contributed by atoms with van der Waals surface area (Å²) in [5, 5.41) is 12.1. The Morgan fingerprint density at radius 1 is 1.24 bits per heavy atom. The second-order valence-corrected chi connectivity index (χ2v) is 7.01. The van der Waals surface area contributed by atoms with E-state index in [0.29, 0.717) is 6.54 Å². The van der Waals surface area contributed by atoms with Crippen LogP contribution in [0.25, 0.3) is 11.8 Å². The number of esters is 1. The minimum Gasteiger partial charge on any atom is -0.448 e. The molecule has 0 saturated heterocycles. The zero-order valence-corrected chi connectivity index (χ0v) is 17.6. The van der Waals surface area contributed by atoms with Crippen LogP contribution in [0.5, 0.6) is 0 Å². The second kappa shape index (κ2) is 9.74. The standard InChI is InChI=1S/C23H27N3O3/c1-6-11-25-22(27)18(5)29-23(28)20(14-24)13-19-12-16(3)26(17(19)4)21-9-7-15(2)8-10-21/h7-10,12-13,18H,6,11H2,1-5H3,(H,25,27)/b20-13+/t18-/m0/s1. The Labute approximate surface area is 171 Å². The second-order valence-electron chi connectivity index (χ2n) is 7.01. The Kier molecular flexibility index (Phi) is 7.38. The van der Waals surface area contributed by atoms with Crippen LogP contribution < -0.4 is 5.32 Å². The number of aromatic nitrogens is 1. The topological polar surface area (TPSA) is 84.1 Å². The highest BCUT2D eigenvalue weighted by atomic mass is 16.5. The van der Waals surface area contributed by atoms with E-state index in [1.165, 1.54) is 18.6 Å². The van der Waals surface area contributed by atoms with Gasteiger partial charge in [0.1, 0.15) is 11.6 Å². The summed E-state index contributed by atoms with van der Waals surface area (Å²) >= 11 is 0. The van der Waals surface area contributed by atoms with Gasteiger partial charge in [0, 0.05) is 23.6 Å². The molecule has 1 atom stereocenters. The highest BCUT2D eigenvalue weighted by Crippen LogP contribution is 2.23. The van der Waals surface area contributed by atoms with Gasteiger partial charge in [-0.1, -0.05) is 24.6 Å². The number of benzene rings is 1. The van der Waals surface area contributed by atoms with E-state index >= 15 is 0 Å². The number of nitriles is 1. The van der Waals surface area contributed by atoms with Crippen molar-refractivity contribution in [3.8, 4) is 11.8 Å². The van der Waals surface area contributed by atoms with Gasteiger partial charge in [-0.2, -0.15) is 5.26 Å². The van der Waals surface area contributed by atoms with E-state index < -0.39 is 12.1 Å². The van der Waals surface area contributed by atoms with E-state index in [4.69, 9.17) is 4.74 Å². The van der Waals surface area contributed by atoms with Crippen molar-refractivity contribution in [3.63, 3.8) is 0 Å². The molecule has 1 aromatic heterocycles. The van der Waals surface area contributed by atoms with Crippen molar-refractivity contribution in [2.75, 3.05) is 6.54 Å². The van der Waals surface area contributed by atoms with E-state index in [-0.39, 0.29) is 11.5 Å². The first-order valence-electron chi connectivity index (χ1n) is 9.65. The molecule has 2 aromatic rings. The Morgan fingerprint density at radius 2 is 1.90 bits per heavy atom. The summed E-state index contributed by atoms with van der Waals surface area (Å²) in [6.07, 6.45) is 1.32. The first-order valence-corrected chi connectivity index (χ1v) is 9.65. The third kappa shape index (κ3) is 5.35. The molecule has 0 radical (unpaired) electrons. The summed E-state index contributed by atoms with van der Waals surface area (Å²) in [6.45, 7) is 9.85. The largest absolute Gasteiger partial charge is 0.448 e. The maximum atomic E-state index is 12.4. The highest BCUT2D eigenvalue weighted by molar-refractivity contribution is 5.99. The van der Waals surface area contributed by atoms with E-state index in [1.54, 1.807) is 0 Å². The fourth-order valence-corrected chi connectivity index (χ4v) is 2.99. The minimum absolute atomic E-state index is 0.149. The number of nitrogens with one attached hydrogen (secondary N) is 1. The third-order valence-electron chi connectivity index (χ3n) is 4.60. The molecule has 6 nitrogen and oxygen atoms in total. The molecule has 29 heavy (non-hydrogen) atoms. The quantitative estimate of drug-likeness (QED) is 0.441. The number of rotatable bonds is 7. The van der Waals surface area contributed by atoms with Gasteiger partial charge in [0.15, 0.2) is 6.10 Å². The molecule has 0 aliphatic heterocycles. The van der Waals surface area contributed by atoms with Gasteiger partial charge in [0.05, 0.1) is 0 Å². The van der Waals surface area contributed by atoms with Crippen molar-refractivity contribution in [1.29, 1.82) is 5.26 Å². The van der Waals surface area contributed by atoms with E-state index in [9.17, 15) is 14.9 Å². The van der Waals surface area contributed by atoms with Crippen LogP contribution in [0.1, 0.15) is 42.8 Å². The summed E-state index contributed by atoms with van der Waals surface area (Å²) in [5.74, 6) is -1.19. The van der Waals surface area contributed by atoms with Gasteiger partial charge >= 0.3 is 5.97 Å². The Morgan fingerprint density at radius 3 is 2.48 bits per heavy atom. The molecule has 0 spiro atoms. The summed E-state index contributed by atoms with van der Waals surface area (Å²) in [7, 11) is 0. The van der Waals surface area contributed by atoms with Crippen LogP contribution in [-0.2, 0) is 14.3 Å². The molecule has 0 bridgehead atoms. The molecule has 152 valence electrons. The maximum absolute atomic E-state index is 12.4. The molecular formula is C23H27N3O3. The summed E-state index contributed by atoms with van der Waals surface area (Å²) in [4.78, 5) is 24.3.